The van der Waals surface area contributed by atoms with Gasteiger partial charge in [0.25, 0.3) is 5.91 Å². The quantitative estimate of drug-likeness (QED) is 0.608. The average molecular weight is 396 g/mol. The van der Waals surface area contributed by atoms with Crippen LogP contribution in [0.1, 0.15) is 26.6 Å². The summed E-state index contributed by atoms with van der Waals surface area (Å²) in [6, 6.07) is 14.0. The summed E-state index contributed by atoms with van der Waals surface area (Å²) in [6.45, 7) is 3.85. The number of benzene rings is 2. The van der Waals surface area contributed by atoms with Crippen molar-refractivity contribution in [3.05, 3.63) is 75.7 Å². The van der Waals surface area contributed by atoms with E-state index in [4.69, 9.17) is 9.47 Å². The SMILES string of the molecule is Cc1nc(COc2ccc(C(=O)OCC(=O)Nc3ccccc3C)cc2)cs1. The molecule has 0 unspecified atom stereocenters. The van der Waals surface area contributed by atoms with Crippen LogP contribution in [0.5, 0.6) is 5.75 Å². The number of thiazole rings is 1. The van der Waals surface area contributed by atoms with Crippen LogP contribution >= 0.6 is 11.3 Å². The fraction of sp³-hybridized carbons (Fsp3) is 0.190. The smallest absolute Gasteiger partial charge is 0.338 e. The van der Waals surface area contributed by atoms with Gasteiger partial charge in [-0.05, 0) is 49.7 Å². The van der Waals surface area contributed by atoms with Crippen molar-refractivity contribution in [2.75, 3.05) is 11.9 Å². The number of hydrogen-bond acceptors (Lipinski definition) is 6. The van der Waals surface area contributed by atoms with Crippen LogP contribution in [-0.4, -0.2) is 23.5 Å². The van der Waals surface area contributed by atoms with Crippen LogP contribution in [0.25, 0.3) is 0 Å². The van der Waals surface area contributed by atoms with E-state index in [1.165, 1.54) is 0 Å². The molecule has 1 heterocycles. The third kappa shape index (κ3) is 5.40. The lowest BCUT2D eigenvalue weighted by Crippen LogP contribution is -2.21. The second-order valence-electron chi connectivity index (χ2n) is 6.11. The number of carbonyl (C=O) groups is 2. The molecule has 2 aromatic carbocycles. The zero-order chi connectivity index (χ0) is 19.9. The van der Waals surface area contributed by atoms with Crippen LogP contribution in [0.4, 0.5) is 5.69 Å². The van der Waals surface area contributed by atoms with Gasteiger partial charge in [0, 0.05) is 11.1 Å². The lowest BCUT2D eigenvalue weighted by molar-refractivity contribution is -0.119. The predicted octanol–water partition coefficient (Wildman–Crippen LogP) is 4.13. The fourth-order valence-corrected chi connectivity index (χ4v) is 3.03. The summed E-state index contributed by atoms with van der Waals surface area (Å²) in [4.78, 5) is 28.4. The molecule has 1 N–H and O–H groups in total. The molecule has 0 saturated carbocycles. The van der Waals surface area contributed by atoms with Gasteiger partial charge >= 0.3 is 5.97 Å². The number of carbonyl (C=O) groups excluding carboxylic acids is 2. The maximum atomic E-state index is 12.1. The summed E-state index contributed by atoms with van der Waals surface area (Å²) in [5.74, 6) is -0.331. The molecular formula is C21H20N2O4S. The van der Waals surface area contributed by atoms with Gasteiger partial charge in [-0.3, -0.25) is 4.79 Å². The van der Waals surface area contributed by atoms with E-state index in [0.29, 0.717) is 23.6 Å². The summed E-state index contributed by atoms with van der Waals surface area (Å²) >= 11 is 1.57. The third-order valence-corrected chi connectivity index (χ3v) is 4.72. The topological polar surface area (TPSA) is 77.5 Å². The Hall–Kier alpha value is -3.19. The van der Waals surface area contributed by atoms with Crippen LogP contribution in [0.2, 0.25) is 0 Å². The van der Waals surface area contributed by atoms with Crippen LogP contribution in [0.15, 0.2) is 53.9 Å². The predicted molar refractivity (Wildman–Crippen MR) is 108 cm³/mol. The number of amides is 1. The zero-order valence-electron chi connectivity index (χ0n) is 15.6. The molecule has 144 valence electrons. The largest absolute Gasteiger partial charge is 0.487 e. The summed E-state index contributed by atoms with van der Waals surface area (Å²) in [7, 11) is 0. The molecule has 0 fully saturated rings. The number of aryl methyl sites for hydroxylation is 2. The highest BCUT2D eigenvalue weighted by Gasteiger charge is 2.11. The van der Waals surface area contributed by atoms with E-state index in [9.17, 15) is 9.59 Å². The summed E-state index contributed by atoms with van der Waals surface area (Å²) < 4.78 is 10.7. The molecule has 0 spiro atoms. The number of rotatable bonds is 7. The molecule has 3 aromatic rings. The highest BCUT2D eigenvalue weighted by molar-refractivity contribution is 7.09. The molecule has 0 radical (unpaired) electrons. The van der Waals surface area contributed by atoms with Crippen molar-refractivity contribution in [2.24, 2.45) is 0 Å². The Morgan fingerprint density at radius 1 is 1.07 bits per heavy atom. The minimum Gasteiger partial charge on any atom is -0.487 e. The number of para-hydroxylation sites is 1. The maximum Gasteiger partial charge on any atom is 0.338 e. The minimum atomic E-state index is -0.568. The number of ether oxygens (including phenoxy) is 2. The van der Waals surface area contributed by atoms with Crippen molar-refractivity contribution in [1.82, 2.24) is 4.98 Å². The Morgan fingerprint density at radius 3 is 2.50 bits per heavy atom. The van der Waals surface area contributed by atoms with E-state index in [1.54, 1.807) is 41.7 Å². The van der Waals surface area contributed by atoms with E-state index in [2.05, 4.69) is 10.3 Å². The molecule has 3 rings (SSSR count). The first-order valence-corrected chi connectivity index (χ1v) is 9.56. The first-order valence-electron chi connectivity index (χ1n) is 8.68. The highest BCUT2D eigenvalue weighted by atomic mass is 32.1. The lowest BCUT2D eigenvalue weighted by atomic mass is 10.2. The maximum absolute atomic E-state index is 12.1. The molecule has 0 atom stereocenters. The van der Waals surface area contributed by atoms with Crippen molar-refractivity contribution >= 4 is 28.9 Å². The van der Waals surface area contributed by atoms with Gasteiger partial charge in [-0.1, -0.05) is 18.2 Å². The second-order valence-corrected chi connectivity index (χ2v) is 7.17. The molecular weight excluding hydrogens is 376 g/mol. The molecule has 6 nitrogen and oxygen atoms in total. The Balaban J connectivity index is 1.47. The van der Waals surface area contributed by atoms with E-state index >= 15 is 0 Å². The van der Waals surface area contributed by atoms with Gasteiger partial charge in [0.2, 0.25) is 0 Å². The minimum absolute atomic E-state index is 0.348. The van der Waals surface area contributed by atoms with E-state index < -0.39 is 5.97 Å². The van der Waals surface area contributed by atoms with E-state index in [-0.39, 0.29) is 12.5 Å². The normalized spacial score (nSPS) is 10.4. The number of anilines is 1. The van der Waals surface area contributed by atoms with Crippen LogP contribution < -0.4 is 10.1 Å². The van der Waals surface area contributed by atoms with E-state index in [1.807, 2.05) is 37.4 Å². The van der Waals surface area contributed by atoms with Crippen LogP contribution in [0, 0.1) is 13.8 Å². The third-order valence-electron chi connectivity index (χ3n) is 3.90. The molecule has 0 aliphatic carbocycles. The summed E-state index contributed by atoms with van der Waals surface area (Å²) in [5, 5.41) is 5.66. The molecule has 0 saturated heterocycles. The van der Waals surface area contributed by atoms with Gasteiger partial charge in [-0.25, -0.2) is 9.78 Å². The first kappa shape index (κ1) is 19.6. The molecule has 0 aliphatic rings. The number of nitrogens with one attached hydrogen (secondary N) is 1. The summed E-state index contributed by atoms with van der Waals surface area (Å²) in [5.41, 5.74) is 2.84. The van der Waals surface area contributed by atoms with Crippen molar-refractivity contribution in [3.63, 3.8) is 0 Å². The van der Waals surface area contributed by atoms with Crippen molar-refractivity contribution in [3.8, 4) is 5.75 Å². The number of esters is 1. The molecule has 7 heteroatoms. The van der Waals surface area contributed by atoms with Gasteiger partial charge in [0.1, 0.15) is 12.4 Å². The Labute approximate surface area is 167 Å². The number of aromatic nitrogens is 1. The molecule has 28 heavy (non-hydrogen) atoms. The number of hydrogen-bond donors (Lipinski definition) is 1. The van der Waals surface area contributed by atoms with Gasteiger partial charge in [-0.15, -0.1) is 11.3 Å². The fourth-order valence-electron chi connectivity index (χ4n) is 2.43. The molecule has 0 aliphatic heterocycles. The van der Waals surface area contributed by atoms with Crippen LogP contribution in [-0.2, 0) is 16.1 Å². The lowest BCUT2D eigenvalue weighted by Gasteiger charge is -2.09. The average Bonchev–Trinajstić information content (AvgIpc) is 3.12. The van der Waals surface area contributed by atoms with Gasteiger partial charge in [-0.2, -0.15) is 0 Å². The van der Waals surface area contributed by atoms with Crippen molar-refractivity contribution in [1.29, 1.82) is 0 Å². The molecule has 1 aromatic heterocycles. The Kier molecular flexibility index (Phi) is 6.39. The first-order chi connectivity index (χ1) is 13.5. The van der Waals surface area contributed by atoms with Crippen LogP contribution in [0.3, 0.4) is 0 Å². The molecule has 1 amide bonds. The molecule has 0 bridgehead atoms. The highest BCUT2D eigenvalue weighted by Crippen LogP contribution is 2.16. The van der Waals surface area contributed by atoms with Gasteiger partial charge in [0.15, 0.2) is 6.61 Å². The summed E-state index contributed by atoms with van der Waals surface area (Å²) in [6.07, 6.45) is 0. The van der Waals surface area contributed by atoms with Gasteiger partial charge < -0.3 is 14.8 Å². The van der Waals surface area contributed by atoms with Gasteiger partial charge in [0.05, 0.1) is 16.3 Å². The van der Waals surface area contributed by atoms with E-state index in [0.717, 1.165) is 16.3 Å². The standard InChI is InChI=1S/C21H20N2O4S/c1-14-5-3-4-6-19(14)23-20(24)12-27-21(25)16-7-9-18(10-8-16)26-11-17-13-28-15(2)22-17/h3-10,13H,11-12H2,1-2H3,(H,23,24). The monoisotopic (exact) mass is 396 g/mol. The second kappa shape index (κ2) is 9.14. The zero-order valence-corrected chi connectivity index (χ0v) is 16.4. The van der Waals surface area contributed by atoms with Crippen molar-refractivity contribution in [2.45, 2.75) is 20.5 Å². The Bertz CT molecular complexity index is 967. The van der Waals surface area contributed by atoms with Crippen molar-refractivity contribution < 1.29 is 19.1 Å². The Morgan fingerprint density at radius 2 is 1.82 bits per heavy atom. The number of nitrogens with zero attached hydrogens (tertiary/aromatic N) is 1.